The molecule has 1 aliphatic carbocycles. The van der Waals surface area contributed by atoms with Gasteiger partial charge in [0, 0.05) is 23.0 Å². The van der Waals surface area contributed by atoms with Gasteiger partial charge in [0.15, 0.2) is 0 Å². The topological polar surface area (TPSA) is 49.9 Å². The van der Waals surface area contributed by atoms with E-state index in [-0.39, 0.29) is 30.4 Å². The zero-order valence-corrected chi connectivity index (χ0v) is 20.5. The van der Waals surface area contributed by atoms with Crippen LogP contribution in [0.4, 0.5) is 0 Å². The van der Waals surface area contributed by atoms with E-state index in [4.69, 9.17) is 4.74 Å². The summed E-state index contributed by atoms with van der Waals surface area (Å²) >= 11 is 1.74. The molecule has 2 aliphatic rings. The number of amides is 2. The minimum Gasteiger partial charge on any atom is -0.491 e. The number of carbonyl (C=O) groups excluding carboxylic acids is 2. The standard InChI is InChI=1S/C28H30N2O3S/c1-19-7-9-21(10-8-19)28(32)30(22-11-12-22)17-27(31)29-15-13-26-23(14-16-34-26)24(29)18-33-25-6-4-3-5-20(25)2/h3-10,14,16,22,24H,11-13,15,17-18H2,1-2H3/t24-/m1/s1. The summed E-state index contributed by atoms with van der Waals surface area (Å²) in [5.41, 5.74) is 4.00. The van der Waals surface area contributed by atoms with Gasteiger partial charge in [0.05, 0.1) is 6.04 Å². The van der Waals surface area contributed by atoms with Gasteiger partial charge in [-0.05, 0) is 73.9 Å². The molecule has 0 N–H and O–H groups in total. The number of rotatable bonds is 7. The zero-order chi connectivity index (χ0) is 23.7. The number of para-hydroxylation sites is 1. The molecule has 0 unspecified atom stereocenters. The summed E-state index contributed by atoms with van der Waals surface area (Å²) in [5, 5.41) is 2.09. The SMILES string of the molecule is Cc1ccc(C(=O)N(CC(=O)N2CCc3sccc3[C@H]2COc2ccccc2C)C2CC2)cc1. The molecule has 1 atom stereocenters. The van der Waals surface area contributed by atoms with Gasteiger partial charge in [-0.2, -0.15) is 0 Å². The van der Waals surface area contributed by atoms with Crippen LogP contribution >= 0.6 is 11.3 Å². The predicted molar refractivity (Wildman–Crippen MR) is 134 cm³/mol. The Morgan fingerprint density at radius 1 is 1.06 bits per heavy atom. The van der Waals surface area contributed by atoms with Crippen LogP contribution in [0.15, 0.2) is 60.0 Å². The molecule has 2 aromatic carbocycles. The molecule has 3 aromatic rings. The van der Waals surface area contributed by atoms with E-state index in [2.05, 4.69) is 11.4 Å². The van der Waals surface area contributed by atoms with Gasteiger partial charge in [0.1, 0.15) is 18.9 Å². The molecule has 0 bridgehead atoms. The predicted octanol–water partition coefficient (Wildman–Crippen LogP) is 5.17. The maximum Gasteiger partial charge on any atom is 0.254 e. The van der Waals surface area contributed by atoms with E-state index in [1.807, 2.05) is 67.3 Å². The number of fused-ring (bicyclic) bond motifs is 1. The number of ether oxygens (including phenoxy) is 1. The van der Waals surface area contributed by atoms with Crippen molar-refractivity contribution in [2.24, 2.45) is 0 Å². The minimum atomic E-state index is -0.155. The fourth-order valence-electron chi connectivity index (χ4n) is 4.61. The Kier molecular flexibility index (Phi) is 6.42. The molecule has 0 spiro atoms. The van der Waals surface area contributed by atoms with Crippen molar-refractivity contribution in [1.82, 2.24) is 9.80 Å². The lowest BCUT2D eigenvalue weighted by Gasteiger charge is -2.37. The summed E-state index contributed by atoms with van der Waals surface area (Å²) in [6, 6.07) is 17.7. The van der Waals surface area contributed by atoms with Crippen LogP contribution in [0, 0.1) is 13.8 Å². The van der Waals surface area contributed by atoms with E-state index >= 15 is 0 Å². The lowest BCUT2D eigenvalue weighted by Crippen LogP contribution is -2.48. The fourth-order valence-corrected chi connectivity index (χ4v) is 5.54. The monoisotopic (exact) mass is 474 g/mol. The average molecular weight is 475 g/mol. The maximum atomic E-state index is 13.6. The second-order valence-corrected chi connectivity index (χ2v) is 10.3. The van der Waals surface area contributed by atoms with Crippen molar-refractivity contribution in [2.45, 2.75) is 45.2 Å². The van der Waals surface area contributed by atoms with Crippen LogP contribution in [0.2, 0.25) is 0 Å². The van der Waals surface area contributed by atoms with E-state index < -0.39 is 0 Å². The van der Waals surface area contributed by atoms with Crippen LogP contribution in [-0.4, -0.2) is 47.4 Å². The normalized spacial score (nSPS) is 17.2. The van der Waals surface area contributed by atoms with Crippen molar-refractivity contribution in [2.75, 3.05) is 19.7 Å². The first kappa shape index (κ1) is 22.7. The highest BCUT2D eigenvalue weighted by atomic mass is 32.1. The Bertz CT molecular complexity index is 1180. The van der Waals surface area contributed by atoms with Gasteiger partial charge >= 0.3 is 0 Å². The van der Waals surface area contributed by atoms with Crippen molar-refractivity contribution in [3.63, 3.8) is 0 Å². The molecule has 5 nitrogen and oxygen atoms in total. The van der Waals surface area contributed by atoms with Crippen molar-refractivity contribution in [3.8, 4) is 5.75 Å². The van der Waals surface area contributed by atoms with Crippen LogP contribution in [-0.2, 0) is 11.2 Å². The third kappa shape index (κ3) is 4.73. The van der Waals surface area contributed by atoms with E-state index in [0.29, 0.717) is 18.7 Å². The molecule has 1 aromatic heterocycles. The summed E-state index contributed by atoms with van der Waals surface area (Å²) in [5.74, 6) is 0.769. The van der Waals surface area contributed by atoms with Crippen molar-refractivity contribution in [3.05, 3.63) is 87.1 Å². The fraction of sp³-hybridized carbons (Fsp3) is 0.357. The lowest BCUT2D eigenvalue weighted by atomic mass is 10.00. The number of nitrogens with zero attached hydrogens (tertiary/aromatic N) is 2. The quantitative estimate of drug-likeness (QED) is 0.474. The van der Waals surface area contributed by atoms with Crippen molar-refractivity contribution < 1.29 is 14.3 Å². The van der Waals surface area contributed by atoms with Crippen LogP contribution in [0.1, 0.15) is 50.8 Å². The third-order valence-electron chi connectivity index (χ3n) is 6.76. The summed E-state index contributed by atoms with van der Waals surface area (Å²) in [6.45, 7) is 5.18. The van der Waals surface area contributed by atoms with Gasteiger partial charge in [-0.25, -0.2) is 0 Å². The van der Waals surface area contributed by atoms with Crippen LogP contribution in [0.25, 0.3) is 0 Å². The smallest absolute Gasteiger partial charge is 0.254 e. The van der Waals surface area contributed by atoms with Gasteiger partial charge in [-0.15, -0.1) is 11.3 Å². The molecule has 1 saturated carbocycles. The Hall–Kier alpha value is -3.12. The summed E-state index contributed by atoms with van der Waals surface area (Å²) in [7, 11) is 0. The second-order valence-electron chi connectivity index (χ2n) is 9.26. The average Bonchev–Trinajstić information content (AvgIpc) is 3.57. The molecule has 5 rings (SSSR count). The number of hydrogen-bond acceptors (Lipinski definition) is 4. The van der Waals surface area contributed by atoms with Gasteiger partial charge in [0.2, 0.25) is 5.91 Å². The Balaban J connectivity index is 1.34. The van der Waals surface area contributed by atoms with Crippen LogP contribution in [0.3, 0.4) is 0 Å². The third-order valence-corrected chi connectivity index (χ3v) is 7.75. The zero-order valence-electron chi connectivity index (χ0n) is 19.7. The summed E-state index contributed by atoms with van der Waals surface area (Å²) < 4.78 is 6.21. The molecule has 1 fully saturated rings. The largest absolute Gasteiger partial charge is 0.491 e. The Morgan fingerprint density at radius 3 is 2.56 bits per heavy atom. The number of benzene rings is 2. The lowest BCUT2D eigenvalue weighted by molar-refractivity contribution is -0.135. The molecular formula is C28H30N2O3S. The number of aryl methyl sites for hydroxylation is 2. The summed E-state index contributed by atoms with van der Waals surface area (Å²) in [4.78, 5) is 31.9. The molecule has 1 aliphatic heterocycles. The first-order valence-corrected chi connectivity index (χ1v) is 12.8. The van der Waals surface area contributed by atoms with Crippen LogP contribution < -0.4 is 4.74 Å². The highest BCUT2D eigenvalue weighted by molar-refractivity contribution is 7.10. The van der Waals surface area contributed by atoms with E-state index in [1.54, 1.807) is 16.2 Å². The number of thiophene rings is 1. The minimum absolute atomic E-state index is 0.0115. The molecule has 176 valence electrons. The molecule has 0 saturated heterocycles. The second kappa shape index (κ2) is 9.63. The molecular weight excluding hydrogens is 444 g/mol. The van der Waals surface area contributed by atoms with Crippen LogP contribution in [0.5, 0.6) is 5.75 Å². The summed E-state index contributed by atoms with van der Waals surface area (Å²) in [6.07, 6.45) is 2.76. The van der Waals surface area contributed by atoms with Crippen molar-refractivity contribution >= 4 is 23.2 Å². The highest BCUT2D eigenvalue weighted by Crippen LogP contribution is 2.35. The van der Waals surface area contributed by atoms with E-state index in [0.717, 1.165) is 36.1 Å². The Morgan fingerprint density at radius 2 is 1.82 bits per heavy atom. The Labute approximate surface area is 205 Å². The molecule has 6 heteroatoms. The highest BCUT2D eigenvalue weighted by Gasteiger charge is 2.38. The number of hydrogen-bond donors (Lipinski definition) is 0. The van der Waals surface area contributed by atoms with Gasteiger partial charge < -0.3 is 14.5 Å². The van der Waals surface area contributed by atoms with Gasteiger partial charge in [0.25, 0.3) is 5.91 Å². The van der Waals surface area contributed by atoms with E-state index in [9.17, 15) is 9.59 Å². The molecule has 0 radical (unpaired) electrons. The molecule has 2 amide bonds. The maximum absolute atomic E-state index is 13.6. The first-order valence-electron chi connectivity index (χ1n) is 11.9. The van der Waals surface area contributed by atoms with Gasteiger partial charge in [-0.1, -0.05) is 35.9 Å². The molecule has 34 heavy (non-hydrogen) atoms. The number of carbonyl (C=O) groups is 2. The van der Waals surface area contributed by atoms with E-state index in [1.165, 1.54) is 10.4 Å². The van der Waals surface area contributed by atoms with Gasteiger partial charge in [-0.3, -0.25) is 9.59 Å². The molecule has 2 heterocycles. The first-order chi connectivity index (χ1) is 16.5. The van der Waals surface area contributed by atoms with Crippen molar-refractivity contribution in [1.29, 1.82) is 0 Å².